The van der Waals surface area contributed by atoms with Crippen molar-refractivity contribution in [2.24, 2.45) is 0 Å². The number of aromatic carboxylic acids is 1. The molecule has 88 valence electrons. The molecular weight excluding hydrogens is 328 g/mol. The zero-order chi connectivity index (χ0) is 12.4. The summed E-state index contributed by atoms with van der Waals surface area (Å²) in [6.07, 6.45) is 1.31. The molecule has 0 aliphatic carbocycles. The number of hydrogen-bond acceptors (Lipinski definition) is 4. The quantitative estimate of drug-likeness (QED) is 0.891. The van der Waals surface area contributed by atoms with E-state index in [1.807, 2.05) is 6.07 Å². The lowest BCUT2D eigenvalue weighted by atomic mass is 10.3. The van der Waals surface area contributed by atoms with Crippen molar-refractivity contribution in [1.82, 2.24) is 4.98 Å². The molecular formula is C10H6BrClN2O2S. The van der Waals surface area contributed by atoms with Gasteiger partial charge in [0.1, 0.15) is 4.88 Å². The number of carboxylic acids is 1. The number of rotatable bonds is 3. The standard InChI is InChI=1S/C10H6BrClN2O2S/c11-5-1-2-7(6(12)3-5)14-10-13-4-8(17-10)9(15)16/h1-4H,(H,13,14)(H,15,16). The van der Waals surface area contributed by atoms with Crippen LogP contribution in [-0.2, 0) is 0 Å². The molecule has 0 aliphatic heterocycles. The molecule has 0 aliphatic rings. The van der Waals surface area contributed by atoms with Crippen LogP contribution in [0.2, 0.25) is 5.02 Å². The molecule has 7 heteroatoms. The maximum absolute atomic E-state index is 10.7. The first-order valence-corrected chi connectivity index (χ1v) is 6.46. The second-order valence-corrected chi connectivity index (χ2v) is 5.44. The Labute approximate surface area is 114 Å². The molecule has 0 unspecified atom stereocenters. The van der Waals surface area contributed by atoms with E-state index in [-0.39, 0.29) is 4.88 Å². The predicted octanol–water partition coefficient (Wildman–Crippen LogP) is 4.00. The third kappa shape index (κ3) is 2.96. The number of carboxylic acid groups (broad SMARTS) is 1. The van der Waals surface area contributed by atoms with Crippen LogP contribution in [0.3, 0.4) is 0 Å². The SMILES string of the molecule is O=C(O)c1cnc(Nc2ccc(Br)cc2Cl)s1. The van der Waals surface area contributed by atoms with Gasteiger partial charge in [0.2, 0.25) is 0 Å². The first-order valence-electron chi connectivity index (χ1n) is 4.47. The average Bonchev–Trinajstić information content (AvgIpc) is 2.71. The van der Waals surface area contributed by atoms with Crippen LogP contribution in [0.4, 0.5) is 10.8 Å². The molecule has 0 saturated heterocycles. The monoisotopic (exact) mass is 332 g/mol. The molecule has 0 amide bonds. The zero-order valence-electron chi connectivity index (χ0n) is 8.28. The Morgan fingerprint density at radius 2 is 2.29 bits per heavy atom. The van der Waals surface area contributed by atoms with Gasteiger partial charge in [-0.2, -0.15) is 0 Å². The summed E-state index contributed by atoms with van der Waals surface area (Å²) in [6, 6.07) is 5.36. The van der Waals surface area contributed by atoms with Gasteiger partial charge in [0.25, 0.3) is 0 Å². The van der Waals surface area contributed by atoms with Gasteiger partial charge in [-0.05, 0) is 18.2 Å². The number of anilines is 2. The topological polar surface area (TPSA) is 62.2 Å². The number of hydrogen-bond donors (Lipinski definition) is 2. The number of nitrogens with zero attached hydrogens (tertiary/aromatic N) is 1. The van der Waals surface area contributed by atoms with Crippen LogP contribution in [0.5, 0.6) is 0 Å². The van der Waals surface area contributed by atoms with E-state index in [0.717, 1.165) is 15.8 Å². The Bertz CT molecular complexity index is 573. The Balaban J connectivity index is 2.22. The van der Waals surface area contributed by atoms with Crippen LogP contribution < -0.4 is 5.32 Å². The summed E-state index contributed by atoms with van der Waals surface area (Å²) in [5, 5.41) is 12.8. The molecule has 2 rings (SSSR count). The number of aromatic nitrogens is 1. The second kappa shape index (κ2) is 5.03. The van der Waals surface area contributed by atoms with Crippen LogP contribution in [0.25, 0.3) is 0 Å². The van der Waals surface area contributed by atoms with Crippen LogP contribution >= 0.6 is 38.9 Å². The van der Waals surface area contributed by atoms with E-state index in [1.165, 1.54) is 6.20 Å². The summed E-state index contributed by atoms with van der Waals surface area (Å²) in [7, 11) is 0. The first-order chi connectivity index (χ1) is 8.06. The molecule has 1 aromatic heterocycles. The summed E-state index contributed by atoms with van der Waals surface area (Å²) in [6.45, 7) is 0. The van der Waals surface area contributed by atoms with Crippen molar-refractivity contribution in [2.75, 3.05) is 5.32 Å². The smallest absolute Gasteiger partial charge is 0.347 e. The lowest BCUT2D eigenvalue weighted by molar-refractivity contribution is 0.0702. The van der Waals surface area contributed by atoms with Gasteiger partial charge in [-0.15, -0.1) is 0 Å². The Morgan fingerprint density at radius 3 is 2.88 bits per heavy atom. The fourth-order valence-corrected chi connectivity index (χ4v) is 2.52. The van der Waals surface area contributed by atoms with Crippen molar-refractivity contribution in [2.45, 2.75) is 0 Å². The van der Waals surface area contributed by atoms with Crippen molar-refractivity contribution in [3.63, 3.8) is 0 Å². The highest BCUT2D eigenvalue weighted by atomic mass is 79.9. The van der Waals surface area contributed by atoms with E-state index in [0.29, 0.717) is 15.8 Å². The molecule has 0 atom stereocenters. The molecule has 0 radical (unpaired) electrons. The molecule has 0 spiro atoms. The van der Waals surface area contributed by atoms with Crippen LogP contribution in [0.1, 0.15) is 9.67 Å². The van der Waals surface area contributed by atoms with Crippen LogP contribution in [0.15, 0.2) is 28.9 Å². The summed E-state index contributed by atoms with van der Waals surface area (Å²) in [4.78, 5) is 14.8. The average molecular weight is 334 g/mol. The van der Waals surface area contributed by atoms with Crippen molar-refractivity contribution >= 4 is 55.7 Å². The third-order valence-corrected chi connectivity index (χ3v) is 3.60. The van der Waals surface area contributed by atoms with Gasteiger partial charge in [0, 0.05) is 4.47 Å². The largest absolute Gasteiger partial charge is 0.477 e. The number of halogens is 2. The molecule has 0 bridgehead atoms. The van der Waals surface area contributed by atoms with Gasteiger partial charge >= 0.3 is 5.97 Å². The molecule has 1 aromatic carbocycles. The maximum atomic E-state index is 10.7. The van der Waals surface area contributed by atoms with Crippen molar-refractivity contribution < 1.29 is 9.90 Å². The Hall–Kier alpha value is -1.11. The molecule has 4 nitrogen and oxygen atoms in total. The first kappa shape index (κ1) is 12.3. The van der Waals surface area contributed by atoms with E-state index < -0.39 is 5.97 Å². The van der Waals surface area contributed by atoms with Crippen molar-refractivity contribution in [3.05, 3.63) is 38.8 Å². The minimum atomic E-state index is -0.988. The molecule has 0 saturated carbocycles. The molecule has 2 N–H and O–H groups in total. The summed E-state index contributed by atoms with van der Waals surface area (Å²) < 4.78 is 0.874. The fraction of sp³-hybridized carbons (Fsp3) is 0. The van der Waals surface area contributed by atoms with Crippen LogP contribution in [-0.4, -0.2) is 16.1 Å². The fourth-order valence-electron chi connectivity index (χ4n) is 1.14. The molecule has 0 fully saturated rings. The van der Waals surface area contributed by atoms with Gasteiger partial charge < -0.3 is 10.4 Å². The van der Waals surface area contributed by atoms with Crippen molar-refractivity contribution in [3.8, 4) is 0 Å². The van der Waals surface area contributed by atoms with Crippen LogP contribution in [0, 0.1) is 0 Å². The number of thiazole rings is 1. The lowest BCUT2D eigenvalue weighted by Crippen LogP contribution is -1.90. The second-order valence-electron chi connectivity index (χ2n) is 3.08. The van der Waals surface area contributed by atoms with Gasteiger partial charge in [0.15, 0.2) is 5.13 Å². The minimum Gasteiger partial charge on any atom is -0.477 e. The Morgan fingerprint density at radius 1 is 1.53 bits per heavy atom. The van der Waals surface area contributed by atoms with E-state index in [4.69, 9.17) is 16.7 Å². The van der Waals surface area contributed by atoms with Gasteiger partial charge in [0.05, 0.1) is 16.9 Å². The minimum absolute atomic E-state index is 0.181. The van der Waals surface area contributed by atoms with Gasteiger partial charge in [-0.3, -0.25) is 0 Å². The normalized spacial score (nSPS) is 10.2. The molecule has 1 heterocycles. The highest BCUT2D eigenvalue weighted by Crippen LogP contribution is 2.30. The summed E-state index contributed by atoms with van der Waals surface area (Å²) >= 11 is 10.4. The number of carbonyl (C=O) groups is 1. The Kier molecular flexibility index (Phi) is 3.66. The van der Waals surface area contributed by atoms with Gasteiger partial charge in [-0.1, -0.05) is 38.9 Å². The van der Waals surface area contributed by atoms with E-state index in [2.05, 4.69) is 26.2 Å². The van der Waals surface area contributed by atoms with E-state index >= 15 is 0 Å². The third-order valence-electron chi connectivity index (χ3n) is 1.89. The number of nitrogens with one attached hydrogen (secondary N) is 1. The zero-order valence-corrected chi connectivity index (χ0v) is 11.4. The number of benzene rings is 1. The highest BCUT2D eigenvalue weighted by Gasteiger charge is 2.09. The molecule has 17 heavy (non-hydrogen) atoms. The van der Waals surface area contributed by atoms with Gasteiger partial charge in [-0.25, -0.2) is 9.78 Å². The highest BCUT2D eigenvalue weighted by molar-refractivity contribution is 9.10. The van der Waals surface area contributed by atoms with E-state index in [9.17, 15) is 4.79 Å². The van der Waals surface area contributed by atoms with E-state index in [1.54, 1.807) is 12.1 Å². The maximum Gasteiger partial charge on any atom is 0.347 e. The molecule has 2 aromatic rings. The lowest BCUT2D eigenvalue weighted by Gasteiger charge is -2.04. The summed E-state index contributed by atoms with van der Waals surface area (Å²) in [5.74, 6) is -0.988. The summed E-state index contributed by atoms with van der Waals surface area (Å²) in [5.41, 5.74) is 0.682. The predicted molar refractivity (Wildman–Crippen MR) is 71.5 cm³/mol. The van der Waals surface area contributed by atoms with Crippen molar-refractivity contribution in [1.29, 1.82) is 0 Å².